The number of ether oxygens (including phenoxy) is 1. The van der Waals surface area contributed by atoms with Crippen LogP contribution in [0.4, 0.5) is 17.6 Å². The zero-order chi connectivity index (χ0) is 22.7. The van der Waals surface area contributed by atoms with E-state index in [1.807, 2.05) is 13.8 Å². The van der Waals surface area contributed by atoms with Gasteiger partial charge in [-0.3, -0.25) is 0 Å². The Balaban J connectivity index is 0.000000757. The van der Waals surface area contributed by atoms with Crippen molar-refractivity contribution in [3.05, 3.63) is 23.4 Å². The van der Waals surface area contributed by atoms with Gasteiger partial charge in [0.1, 0.15) is 5.67 Å². The maximum atomic E-state index is 14.8. The molecule has 2 N–H and O–H groups in total. The van der Waals surface area contributed by atoms with Crippen molar-refractivity contribution in [2.75, 3.05) is 6.61 Å². The molecule has 30 heavy (non-hydrogen) atoms. The molecule has 1 atom stereocenters. The molecular formula is C19H26BF4N2O3Sn. The van der Waals surface area contributed by atoms with Gasteiger partial charge >= 0.3 is 40.8 Å². The second kappa shape index (κ2) is 10.2. The van der Waals surface area contributed by atoms with E-state index in [0.29, 0.717) is 13.0 Å². The normalized spacial score (nSPS) is 20.0. The first kappa shape index (κ1) is 25.4. The number of nitrogens with zero attached hydrogens (tertiary/aromatic N) is 2. The topological polar surface area (TPSA) is 67.5 Å². The Morgan fingerprint density at radius 1 is 1.23 bits per heavy atom. The van der Waals surface area contributed by atoms with E-state index in [1.165, 1.54) is 10.9 Å². The molecule has 1 aromatic heterocycles. The van der Waals surface area contributed by atoms with Crippen molar-refractivity contribution >= 4 is 46.0 Å². The van der Waals surface area contributed by atoms with Crippen molar-refractivity contribution in [3.63, 3.8) is 0 Å². The fourth-order valence-corrected chi connectivity index (χ4v) is 3.69. The third-order valence-electron chi connectivity index (χ3n) is 5.07. The van der Waals surface area contributed by atoms with Crippen LogP contribution in [0.3, 0.4) is 0 Å². The number of hydrogen-bond acceptors (Lipinski definition) is 4. The standard InChI is InChI=1S/C16H17BF4N2O3.C2H6.CH3.Sn/c18-15(4-5-15)13-10(16(19,20)21)7-11-9(14(13)17(24)25)8-22-23(11)12-3-1-2-6-26-12;1-2;;/h7-8,12,24-25H,1-6H2;1-2H3;1H3;. The molecule has 1 saturated heterocycles. The summed E-state index contributed by atoms with van der Waals surface area (Å²) in [4.78, 5) is 2.09. The van der Waals surface area contributed by atoms with Crippen molar-refractivity contribution in [2.24, 2.45) is 0 Å². The summed E-state index contributed by atoms with van der Waals surface area (Å²) >= 11 is 1.55. The van der Waals surface area contributed by atoms with Crippen LogP contribution in [-0.2, 0) is 16.6 Å². The summed E-state index contributed by atoms with van der Waals surface area (Å²) in [6, 6.07) is 0.848. The van der Waals surface area contributed by atoms with E-state index >= 15 is 0 Å². The molecule has 5 nitrogen and oxygen atoms in total. The van der Waals surface area contributed by atoms with Crippen LogP contribution in [0.2, 0.25) is 4.94 Å². The first-order valence-electron chi connectivity index (χ1n) is 10.0. The number of fused-ring (bicyclic) bond motifs is 1. The summed E-state index contributed by atoms with van der Waals surface area (Å²) in [5.41, 5.74) is -4.47. The first-order chi connectivity index (χ1) is 14.2. The predicted molar refractivity (Wildman–Crippen MR) is 108 cm³/mol. The van der Waals surface area contributed by atoms with E-state index in [2.05, 4.69) is 10.0 Å². The van der Waals surface area contributed by atoms with Crippen LogP contribution in [0.15, 0.2) is 12.3 Å². The van der Waals surface area contributed by atoms with E-state index in [4.69, 9.17) is 4.74 Å². The summed E-state index contributed by atoms with van der Waals surface area (Å²) in [7, 11) is -2.24. The fraction of sp³-hybridized carbons (Fsp3) is 0.632. The Bertz CT molecular complexity index is 850. The molecule has 2 heterocycles. The maximum absolute atomic E-state index is 14.8. The van der Waals surface area contributed by atoms with Gasteiger partial charge in [-0.15, -0.1) is 0 Å². The van der Waals surface area contributed by atoms with Crippen molar-refractivity contribution in [3.8, 4) is 0 Å². The predicted octanol–water partition coefficient (Wildman–Crippen LogP) is 3.62. The van der Waals surface area contributed by atoms with Crippen LogP contribution in [0.5, 0.6) is 0 Å². The molecule has 0 bridgehead atoms. The molecule has 1 unspecified atom stereocenters. The van der Waals surface area contributed by atoms with Crippen LogP contribution in [0.25, 0.3) is 10.9 Å². The van der Waals surface area contributed by atoms with Gasteiger partial charge in [0.15, 0.2) is 6.23 Å². The molecule has 1 aromatic carbocycles. The molecule has 4 rings (SSSR count). The number of aromatic nitrogens is 2. The number of hydrogen-bond donors (Lipinski definition) is 2. The monoisotopic (exact) mass is 537 g/mol. The summed E-state index contributed by atoms with van der Waals surface area (Å²) in [6.07, 6.45) is -1.99. The average Bonchev–Trinajstić information content (AvgIpc) is 3.34. The Hall–Kier alpha value is -0.846. The van der Waals surface area contributed by atoms with Crippen LogP contribution in [0.1, 0.15) is 63.3 Å². The molecule has 2 fully saturated rings. The molecule has 0 amide bonds. The molecule has 11 heteroatoms. The van der Waals surface area contributed by atoms with Gasteiger partial charge in [0, 0.05) is 23.0 Å². The van der Waals surface area contributed by atoms with E-state index in [-0.39, 0.29) is 23.7 Å². The molecule has 165 valence electrons. The average molecular weight is 536 g/mol. The van der Waals surface area contributed by atoms with Gasteiger partial charge in [0.25, 0.3) is 0 Å². The van der Waals surface area contributed by atoms with E-state index in [1.54, 1.807) is 22.5 Å². The Morgan fingerprint density at radius 3 is 2.33 bits per heavy atom. The van der Waals surface area contributed by atoms with Gasteiger partial charge in [-0.05, 0) is 38.2 Å². The fourth-order valence-electron chi connectivity index (χ4n) is 3.69. The molecule has 0 spiro atoms. The van der Waals surface area contributed by atoms with Crippen LogP contribution >= 0.6 is 0 Å². The molecule has 2 aromatic rings. The van der Waals surface area contributed by atoms with Gasteiger partial charge in [-0.25, -0.2) is 9.07 Å². The number of halogens is 4. The quantitative estimate of drug-likeness (QED) is 0.465. The van der Waals surface area contributed by atoms with E-state index in [0.717, 1.165) is 18.9 Å². The number of rotatable bonds is 3. The summed E-state index contributed by atoms with van der Waals surface area (Å²) in [5.74, 6) is 0. The molecule has 2 aliphatic rings. The van der Waals surface area contributed by atoms with E-state index < -0.39 is 41.8 Å². The minimum atomic E-state index is -4.84. The third-order valence-corrected chi connectivity index (χ3v) is 5.07. The third kappa shape index (κ3) is 4.97. The minimum absolute atomic E-state index is 0.0559. The van der Waals surface area contributed by atoms with Gasteiger partial charge in [-0.2, -0.15) is 18.3 Å². The van der Waals surface area contributed by atoms with Gasteiger partial charge in [-0.1, -0.05) is 13.8 Å². The van der Waals surface area contributed by atoms with Crippen molar-refractivity contribution < 1.29 is 32.3 Å². The number of benzene rings is 1. The second-order valence-electron chi connectivity index (χ2n) is 6.89. The zero-order valence-corrected chi connectivity index (χ0v) is 20.1. The van der Waals surface area contributed by atoms with Crippen molar-refractivity contribution in [2.45, 2.75) is 69.0 Å². The number of alkyl halides is 4. The Kier molecular flexibility index (Phi) is 8.63. The van der Waals surface area contributed by atoms with Crippen molar-refractivity contribution in [1.82, 2.24) is 9.78 Å². The Labute approximate surface area is 187 Å². The summed E-state index contributed by atoms with van der Waals surface area (Å²) in [6.45, 7) is 4.47. The van der Waals surface area contributed by atoms with Gasteiger partial charge < -0.3 is 14.8 Å². The van der Waals surface area contributed by atoms with Crippen LogP contribution in [0, 0.1) is 0 Å². The molecule has 1 aliphatic heterocycles. The van der Waals surface area contributed by atoms with Gasteiger partial charge in [0.05, 0.1) is 17.3 Å². The molecule has 3 radical (unpaired) electrons. The van der Waals surface area contributed by atoms with Gasteiger partial charge in [0.2, 0.25) is 0 Å². The van der Waals surface area contributed by atoms with Crippen molar-refractivity contribution in [1.29, 1.82) is 0 Å². The zero-order valence-electron chi connectivity index (χ0n) is 17.3. The molecular weight excluding hydrogens is 510 g/mol. The second-order valence-corrected chi connectivity index (χ2v) is 6.89. The summed E-state index contributed by atoms with van der Waals surface area (Å²) in [5, 5.41) is 23.7. The molecule has 1 aliphatic carbocycles. The van der Waals surface area contributed by atoms with E-state index in [9.17, 15) is 27.6 Å². The Morgan fingerprint density at radius 2 is 1.87 bits per heavy atom. The molecule has 1 saturated carbocycles. The van der Waals surface area contributed by atoms with Crippen LogP contribution < -0.4 is 5.46 Å². The SMILES string of the molecule is CC.OB(O)c1c(C2(F)CC2)c(C(F)(F)F)cc2c1cnn2C1CCCCO1.[CH3][Sn]. The summed E-state index contributed by atoms with van der Waals surface area (Å²) < 4.78 is 62.7. The first-order valence-corrected chi connectivity index (χ1v) is 12.9. The van der Waals surface area contributed by atoms with Crippen LogP contribution in [-0.4, -0.2) is 56.1 Å².